The van der Waals surface area contributed by atoms with Gasteiger partial charge in [0.1, 0.15) is 6.10 Å². The number of carbonyl (C=O) groups is 1. The van der Waals surface area contributed by atoms with E-state index in [1.807, 2.05) is 60.7 Å². The van der Waals surface area contributed by atoms with E-state index in [9.17, 15) is 4.79 Å². The van der Waals surface area contributed by atoms with Crippen LogP contribution in [0.25, 0.3) is 0 Å². The molecular weight excluding hydrogens is 250 g/mol. The maximum atomic E-state index is 11.3. The topological polar surface area (TPSA) is 38.3 Å². The van der Waals surface area contributed by atoms with Gasteiger partial charge in [0.2, 0.25) is 0 Å². The summed E-state index contributed by atoms with van der Waals surface area (Å²) in [5.41, 5.74) is 2.08. The van der Waals surface area contributed by atoms with Crippen molar-refractivity contribution in [3.05, 3.63) is 78.4 Å². The summed E-state index contributed by atoms with van der Waals surface area (Å²) in [7, 11) is 0. The van der Waals surface area contributed by atoms with Crippen LogP contribution in [0.15, 0.2) is 72.8 Å². The van der Waals surface area contributed by atoms with Crippen LogP contribution in [0.5, 0.6) is 0 Å². The third-order valence-corrected chi connectivity index (χ3v) is 3.26. The number of esters is 1. The van der Waals surface area contributed by atoms with Crippen LogP contribution in [0.3, 0.4) is 0 Å². The molecule has 0 spiro atoms. The van der Waals surface area contributed by atoms with E-state index in [1.165, 1.54) is 6.08 Å². The molecule has 2 atom stereocenters. The van der Waals surface area contributed by atoms with Gasteiger partial charge in [0.05, 0.1) is 6.04 Å². The first-order valence-corrected chi connectivity index (χ1v) is 6.58. The molecule has 3 nitrogen and oxygen atoms in total. The summed E-state index contributed by atoms with van der Waals surface area (Å²) in [5, 5.41) is 3.43. The highest BCUT2D eigenvalue weighted by atomic mass is 16.5. The molecule has 1 aliphatic heterocycles. The number of hydrogen-bond acceptors (Lipinski definition) is 3. The minimum absolute atomic E-state index is 0.0960. The van der Waals surface area contributed by atoms with Crippen LogP contribution in [0.2, 0.25) is 0 Å². The Labute approximate surface area is 117 Å². The third-order valence-electron chi connectivity index (χ3n) is 3.26. The van der Waals surface area contributed by atoms with Gasteiger partial charge in [0, 0.05) is 11.8 Å². The van der Waals surface area contributed by atoms with E-state index in [0.717, 1.165) is 11.3 Å². The van der Waals surface area contributed by atoms with Crippen LogP contribution in [-0.2, 0) is 9.53 Å². The predicted molar refractivity (Wildman–Crippen MR) is 78.3 cm³/mol. The standard InChI is InChI=1S/C17H15NO2/c19-16-12-11-15(20-16)17(13-7-3-1-4-8-13)18-14-9-5-2-6-10-14/h1-12,15,17-18H/t15-,17+/m1/s1. The molecule has 1 heterocycles. The average Bonchev–Trinajstić information content (AvgIpc) is 2.93. The van der Waals surface area contributed by atoms with Crippen molar-refractivity contribution >= 4 is 11.7 Å². The second-order valence-corrected chi connectivity index (χ2v) is 4.66. The van der Waals surface area contributed by atoms with Crippen molar-refractivity contribution in [2.24, 2.45) is 0 Å². The van der Waals surface area contributed by atoms with Gasteiger partial charge in [0.15, 0.2) is 0 Å². The third kappa shape index (κ3) is 2.72. The van der Waals surface area contributed by atoms with Crippen LogP contribution in [0.4, 0.5) is 5.69 Å². The fourth-order valence-corrected chi connectivity index (χ4v) is 2.29. The van der Waals surface area contributed by atoms with Gasteiger partial charge in [-0.25, -0.2) is 4.79 Å². The van der Waals surface area contributed by atoms with Crippen molar-refractivity contribution in [3.63, 3.8) is 0 Å². The van der Waals surface area contributed by atoms with Crippen molar-refractivity contribution in [3.8, 4) is 0 Å². The molecule has 0 aliphatic carbocycles. The zero-order chi connectivity index (χ0) is 13.8. The molecule has 0 saturated heterocycles. The number of anilines is 1. The summed E-state index contributed by atoms with van der Waals surface area (Å²) in [6.07, 6.45) is 2.99. The van der Waals surface area contributed by atoms with Gasteiger partial charge in [-0.1, -0.05) is 48.5 Å². The molecule has 20 heavy (non-hydrogen) atoms. The fourth-order valence-electron chi connectivity index (χ4n) is 2.29. The SMILES string of the molecule is O=C1C=C[C@H]([C@@H](Nc2ccccc2)c2ccccc2)O1. The van der Waals surface area contributed by atoms with Crippen molar-refractivity contribution < 1.29 is 9.53 Å². The van der Waals surface area contributed by atoms with Crippen LogP contribution in [0.1, 0.15) is 11.6 Å². The fraction of sp³-hybridized carbons (Fsp3) is 0.118. The number of hydrogen-bond donors (Lipinski definition) is 1. The second kappa shape index (κ2) is 5.61. The van der Waals surface area contributed by atoms with E-state index in [-0.39, 0.29) is 18.1 Å². The number of ether oxygens (including phenoxy) is 1. The summed E-state index contributed by atoms with van der Waals surface area (Å²) in [5.74, 6) is -0.286. The highest BCUT2D eigenvalue weighted by Gasteiger charge is 2.27. The summed E-state index contributed by atoms with van der Waals surface area (Å²) >= 11 is 0. The van der Waals surface area contributed by atoms with Crippen molar-refractivity contribution in [1.29, 1.82) is 0 Å². The minimum atomic E-state index is -0.287. The molecule has 1 N–H and O–H groups in total. The molecule has 0 bridgehead atoms. The zero-order valence-electron chi connectivity index (χ0n) is 10.9. The van der Waals surface area contributed by atoms with Gasteiger partial charge in [0.25, 0.3) is 0 Å². The molecule has 2 aromatic carbocycles. The van der Waals surface area contributed by atoms with E-state index in [2.05, 4.69) is 5.32 Å². The number of nitrogens with one attached hydrogen (secondary N) is 1. The van der Waals surface area contributed by atoms with Gasteiger partial charge >= 0.3 is 5.97 Å². The van der Waals surface area contributed by atoms with Gasteiger partial charge < -0.3 is 10.1 Å². The molecule has 100 valence electrons. The Kier molecular flexibility index (Phi) is 3.50. The summed E-state index contributed by atoms with van der Waals surface area (Å²) in [4.78, 5) is 11.3. The predicted octanol–water partition coefficient (Wildman–Crippen LogP) is 3.32. The Morgan fingerprint density at radius 1 is 0.950 bits per heavy atom. The second-order valence-electron chi connectivity index (χ2n) is 4.66. The quantitative estimate of drug-likeness (QED) is 0.862. The van der Waals surface area contributed by atoms with Gasteiger partial charge in [-0.15, -0.1) is 0 Å². The summed E-state index contributed by atoms with van der Waals surface area (Å²) in [6.45, 7) is 0. The summed E-state index contributed by atoms with van der Waals surface area (Å²) in [6, 6.07) is 19.8. The Morgan fingerprint density at radius 2 is 1.60 bits per heavy atom. The van der Waals surface area contributed by atoms with Gasteiger partial charge in [-0.05, 0) is 23.8 Å². The van der Waals surface area contributed by atoms with Crippen LogP contribution < -0.4 is 5.32 Å². The Bertz CT molecular complexity index is 607. The van der Waals surface area contributed by atoms with Gasteiger partial charge in [-0.3, -0.25) is 0 Å². The number of rotatable bonds is 4. The Balaban J connectivity index is 1.88. The number of benzene rings is 2. The molecule has 2 aromatic rings. The lowest BCUT2D eigenvalue weighted by Crippen LogP contribution is -2.25. The van der Waals surface area contributed by atoms with Crippen molar-refractivity contribution in [2.45, 2.75) is 12.1 Å². The van der Waals surface area contributed by atoms with E-state index in [0.29, 0.717) is 0 Å². The smallest absolute Gasteiger partial charge is 0.331 e. The van der Waals surface area contributed by atoms with Crippen molar-refractivity contribution in [1.82, 2.24) is 0 Å². The molecule has 0 saturated carbocycles. The largest absolute Gasteiger partial charge is 0.452 e. The molecule has 0 fully saturated rings. The van der Waals surface area contributed by atoms with Crippen LogP contribution in [-0.4, -0.2) is 12.1 Å². The number of carbonyl (C=O) groups excluding carboxylic acids is 1. The summed E-state index contributed by atoms with van der Waals surface area (Å²) < 4.78 is 5.34. The molecule has 1 aliphatic rings. The lowest BCUT2D eigenvalue weighted by atomic mass is 10.0. The minimum Gasteiger partial charge on any atom is -0.452 e. The maximum Gasteiger partial charge on any atom is 0.331 e. The van der Waals surface area contributed by atoms with E-state index in [4.69, 9.17) is 4.74 Å². The van der Waals surface area contributed by atoms with E-state index < -0.39 is 0 Å². The zero-order valence-corrected chi connectivity index (χ0v) is 10.9. The first-order valence-electron chi connectivity index (χ1n) is 6.58. The molecule has 0 radical (unpaired) electrons. The molecule has 0 amide bonds. The Morgan fingerprint density at radius 3 is 2.20 bits per heavy atom. The van der Waals surface area contributed by atoms with Gasteiger partial charge in [-0.2, -0.15) is 0 Å². The highest BCUT2D eigenvalue weighted by Crippen LogP contribution is 2.27. The lowest BCUT2D eigenvalue weighted by molar-refractivity contribution is -0.139. The van der Waals surface area contributed by atoms with Crippen LogP contribution >= 0.6 is 0 Å². The highest BCUT2D eigenvalue weighted by molar-refractivity contribution is 5.84. The average molecular weight is 265 g/mol. The lowest BCUT2D eigenvalue weighted by Gasteiger charge is -2.24. The first kappa shape index (κ1) is 12.5. The molecule has 0 unspecified atom stereocenters. The van der Waals surface area contributed by atoms with E-state index >= 15 is 0 Å². The monoisotopic (exact) mass is 265 g/mol. The van der Waals surface area contributed by atoms with E-state index in [1.54, 1.807) is 6.08 Å². The molecule has 3 heteroatoms. The normalized spacial score (nSPS) is 18.6. The maximum absolute atomic E-state index is 11.3. The number of cyclic esters (lactones) is 1. The molecule has 3 rings (SSSR count). The molecular formula is C17H15NO2. The van der Waals surface area contributed by atoms with Crippen LogP contribution in [0, 0.1) is 0 Å². The number of para-hydroxylation sites is 1. The molecule has 0 aromatic heterocycles. The first-order chi connectivity index (χ1) is 9.83. The van der Waals surface area contributed by atoms with Crippen molar-refractivity contribution in [2.75, 3.05) is 5.32 Å². The Hall–Kier alpha value is -2.55.